The van der Waals surface area contributed by atoms with Gasteiger partial charge in [0.2, 0.25) is 5.91 Å². The Morgan fingerprint density at radius 3 is 2.55 bits per heavy atom. The number of rotatable bonds is 9. The molecule has 4 heteroatoms. The predicted molar refractivity (Wildman–Crippen MR) is 79.5 cm³/mol. The maximum Gasteiger partial charge on any atom is 0.303 e. The molecule has 0 saturated heterocycles. The van der Waals surface area contributed by atoms with Crippen LogP contribution in [0.1, 0.15) is 71.1 Å². The number of carboxylic acid groups (broad SMARTS) is 1. The lowest BCUT2D eigenvalue weighted by Crippen LogP contribution is -2.30. The van der Waals surface area contributed by atoms with Crippen LogP contribution in [0, 0.1) is 11.8 Å². The second kappa shape index (κ2) is 9.78. The quantitative estimate of drug-likeness (QED) is 0.682. The maximum absolute atomic E-state index is 11.7. The highest BCUT2D eigenvalue weighted by atomic mass is 16.4. The Labute approximate surface area is 122 Å². The highest BCUT2D eigenvalue weighted by molar-refractivity contribution is 5.75. The van der Waals surface area contributed by atoms with Crippen LogP contribution >= 0.6 is 0 Å². The molecule has 1 saturated carbocycles. The lowest BCUT2D eigenvalue weighted by atomic mass is 9.86. The van der Waals surface area contributed by atoms with E-state index in [0.717, 1.165) is 18.8 Å². The highest BCUT2D eigenvalue weighted by Crippen LogP contribution is 2.27. The average Bonchev–Trinajstić information content (AvgIpc) is 2.44. The number of aliphatic carboxylic acids is 1. The summed E-state index contributed by atoms with van der Waals surface area (Å²) in [5, 5.41) is 11.6. The van der Waals surface area contributed by atoms with E-state index in [-0.39, 0.29) is 18.2 Å². The molecule has 0 heterocycles. The number of nitrogens with one attached hydrogen (secondary N) is 1. The molecule has 0 aromatic heterocycles. The molecule has 2 N–H and O–H groups in total. The Kier molecular flexibility index (Phi) is 8.31. The molecule has 116 valence electrons. The van der Waals surface area contributed by atoms with Crippen LogP contribution in [0.15, 0.2) is 0 Å². The first-order valence-electron chi connectivity index (χ1n) is 8.10. The first kappa shape index (κ1) is 17.0. The molecule has 1 atom stereocenters. The number of amides is 1. The summed E-state index contributed by atoms with van der Waals surface area (Å²) in [4.78, 5) is 22.4. The first-order chi connectivity index (χ1) is 9.61. The normalized spacial score (nSPS) is 17.6. The van der Waals surface area contributed by atoms with Crippen molar-refractivity contribution in [2.45, 2.75) is 71.1 Å². The molecule has 4 nitrogen and oxygen atoms in total. The fraction of sp³-hybridized carbons (Fsp3) is 0.875. The van der Waals surface area contributed by atoms with Crippen LogP contribution in [0.5, 0.6) is 0 Å². The van der Waals surface area contributed by atoms with E-state index in [1.54, 1.807) is 0 Å². The van der Waals surface area contributed by atoms with E-state index in [1.807, 2.05) is 6.92 Å². The molecule has 1 rings (SSSR count). The average molecular weight is 283 g/mol. The maximum atomic E-state index is 11.7. The number of carbonyl (C=O) groups excluding carboxylic acids is 1. The van der Waals surface area contributed by atoms with Gasteiger partial charge in [-0.1, -0.05) is 45.4 Å². The van der Waals surface area contributed by atoms with Crippen LogP contribution in [-0.2, 0) is 9.59 Å². The molecule has 0 aromatic carbocycles. The van der Waals surface area contributed by atoms with Crippen LogP contribution < -0.4 is 5.32 Å². The van der Waals surface area contributed by atoms with Crippen LogP contribution in [0.2, 0.25) is 0 Å². The number of hydrogen-bond acceptors (Lipinski definition) is 2. The van der Waals surface area contributed by atoms with Crippen LogP contribution in [0.25, 0.3) is 0 Å². The summed E-state index contributed by atoms with van der Waals surface area (Å²) in [5.41, 5.74) is 0. The Morgan fingerprint density at radius 1 is 1.25 bits per heavy atom. The largest absolute Gasteiger partial charge is 0.481 e. The van der Waals surface area contributed by atoms with E-state index in [0.29, 0.717) is 13.0 Å². The summed E-state index contributed by atoms with van der Waals surface area (Å²) < 4.78 is 0. The first-order valence-corrected chi connectivity index (χ1v) is 8.10. The number of carboxylic acids is 1. The molecule has 0 radical (unpaired) electrons. The van der Waals surface area contributed by atoms with Gasteiger partial charge in [-0.3, -0.25) is 9.59 Å². The van der Waals surface area contributed by atoms with Gasteiger partial charge in [0, 0.05) is 19.4 Å². The third-order valence-corrected chi connectivity index (χ3v) is 4.37. The zero-order valence-electron chi connectivity index (χ0n) is 12.7. The van der Waals surface area contributed by atoms with Crippen molar-refractivity contribution in [1.29, 1.82) is 0 Å². The molecular formula is C16H29NO3. The minimum Gasteiger partial charge on any atom is -0.481 e. The van der Waals surface area contributed by atoms with Gasteiger partial charge in [-0.15, -0.1) is 0 Å². The smallest absolute Gasteiger partial charge is 0.303 e. The minimum absolute atomic E-state index is 0.0507. The van der Waals surface area contributed by atoms with Crippen molar-refractivity contribution in [1.82, 2.24) is 5.32 Å². The molecule has 1 unspecified atom stereocenters. The molecule has 1 aliphatic rings. The van der Waals surface area contributed by atoms with Gasteiger partial charge >= 0.3 is 5.97 Å². The summed E-state index contributed by atoms with van der Waals surface area (Å²) >= 11 is 0. The summed E-state index contributed by atoms with van der Waals surface area (Å²) in [6.07, 6.45) is 10.4. The van der Waals surface area contributed by atoms with E-state index in [2.05, 4.69) is 5.32 Å². The molecular weight excluding hydrogens is 254 g/mol. The zero-order valence-corrected chi connectivity index (χ0v) is 12.7. The molecule has 0 aliphatic heterocycles. The molecule has 0 bridgehead atoms. The van der Waals surface area contributed by atoms with Crippen molar-refractivity contribution in [3.05, 3.63) is 0 Å². The monoisotopic (exact) mass is 283 g/mol. The minimum atomic E-state index is -0.789. The molecule has 1 aliphatic carbocycles. The van der Waals surface area contributed by atoms with Crippen molar-refractivity contribution >= 4 is 11.9 Å². The van der Waals surface area contributed by atoms with Crippen LogP contribution in [0.4, 0.5) is 0 Å². The van der Waals surface area contributed by atoms with E-state index in [1.165, 1.54) is 38.5 Å². The summed E-state index contributed by atoms with van der Waals surface area (Å²) in [5.74, 6) is 0.162. The Morgan fingerprint density at radius 2 is 1.95 bits per heavy atom. The topological polar surface area (TPSA) is 66.4 Å². The molecule has 1 amide bonds. The SMILES string of the molecule is CCC(CNC(=O)CCCC1CCCCC1)CC(=O)O. The second-order valence-electron chi connectivity index (χ2n) is 6.07. The Balaban J connectivity index is 2.08. The van der Waals surface area contributed by atoms with Crippen molar-refractivity contribution < 1.29 is 14.7 Å². The van der Waals surface area contributed by atoms with Gasteiger partial charge in [-0.05, 0) is 24.7 Å². The molecule has 0 aromatic rings. The van der Waals surface area contributed by atoms with Gasteiger partial charge in [0.15, 0.2) is 0 Å². The van der Waals surface area contributed by atoms with Gasteiger partial charge < -0.3 is 10.4 Å². The van der Waals surface area contributed by atoms with Crippen LogP contribution in [0.3, 0.4) is 0 Å². The molecule has 20 heavy (non-hydrogen) atoms. The van der Waals surface area contributed by atoms with Crippen molar-refractivity contribution in [3.8, 4) is 0 Å². The van der Waals surface area contributed by atoms with E-state index in [9.17, 15) is 9.59 Å². The van der Waals surface area contributed by atoms with E-state index < -0.39 is 5.97 Å². The lowest BCUT2D eigenvalue weighted by Gasteiger charge is -2.21. The van der Waals surface area contributed by atoms with Gasteiger partial charge in [0.05, 0.1) is 0 Å². The standard InChI is InChI=1S/C16H29NO3/c1-2-13(11-16(19)20)12-17-15(18)10-6-9-14-7-4-3-5-8-14/h13-14H,2-12H2,1H3,(H,17,18)(H,19,20). The Hall–Kier alpha value is -1.06. The van der Waals surface area contributed by atoms with Gasteiger partial charge in [0.1, 0.15) is 0 Å². The lowest BCUT2D eigenvalue weighted by molar-refractivity contribution is -0.138. The highest BCUT2D eigenvalue weighted by Gasteiger charge is 2.15. The van der Waals surface area contributed by atoms with Gasteiger partial charge in [0.25, 0.3) is 0 Å². The molecule has 0 spiro atoms. The van der Waals surface area contributed by atoms with E-state index in [4.69, 9.17) is 5.11 Å². The van der Waals surface area contributed by atoms with Gasteiger partial charge in [-0.2, -0.15) is 0 Å². The fourth-order valence-corrected chi connectivity index (χ4v) is 2.98. The third-order valence-electron chi connectivity index (χ3n) is 4.37. The van der Waals surface area contributed by atoms with E-state index >= 15 is 0 Å². The Bertz CT molecular complexity index is 298. The predicted octanol–water partition coefficient (Wildman–Crippen LogP) is 3.35. The number of hydrogen-bond donors (Lipinski definition) is 2. The summed E-state index contributed by atoms with van der Waals surface area (Å²) in [7, 11) is 0. The van der Waals surface area contributed by atoms with Crippen LogP contribution in [-0.4, -0.2) is 23.5 Å². The van der Waals surface area contributed by atoms with Crippen molar-refractivity contribution in [3.63, 3.8) is 0 Å². The van der Waals surface area contributed by atoms with Gasteiger partial charge in [-0.25, -0.2) is 0 Å². The van der Waals surface area contributed by atoms with Crippen molar-refractivity contribution in [2.75, 3.05) is 6.54 Å². The summed E-state index contributed by atoms with van der Waals surface area (Å²) in [6, 6.07) is 0. The fourth-order valence-electron chi connectivity index (χ4n) is 2.98. The summed E-state index contributed by atoms with van der Waals surface area (Å²) in [6.45, 7) is 2.45. The second-order valence-corrected chi connectivity index (χ2v) is 6.07. The van der Waals surface area contributed by atoms with Crippen molar-refractivity contribution in [2.24, 2.45) is 11.8 Å². The number of carbonyl (C=O) groups is 2. The molecule has 1 fully saturated rings. The third kappa shape index (κ3) is 7.51. The zero-order chi connectivity index (χ0) is 14.8.